The molecular weight excluding hydrogens is 723 g/mol. The largest absolute Gasteiger partial charge is 0.476 e. The monoisotopic (exact) mass is 749 g/mol. The van der Waals surface area contributed by atoms with Crippen LogP contribution in [0, 0.1) is 23.3 Å². The van der Waals surface area contributed by atoms with Crippen molar-refractivity contribution in [3.05, 3.63) is 182 Å². The molecule has 276 valence electrons. The summed E-state index contributed by atoms with van der Waals surface area (Å²) in [6, 6.07) is 19.2. The fourth-order valence-electron chi connectivity index (χ4n) is 5.67. The Morgan fingerprint density at radius 2 is 0.818 bits per heavy atom. The molecule has 0 aliphatic heterocycles. The first-order valence-electron chi connectivity index (χ1n) is 16.0. The average Bonchev–Trinajstić information content (AvgIpc) is 4.03. The molecule has 19 heteroatoms. The highest BCUT2D eigenvalue weighted by molar-refractivity contribution is 6.72. The molecule has 0 amide bonds. The lowest BCUT2D eigenvalue weighted by atomic mass is 9.75. The summed E-state index contributed by atoms with van der Waals surface area (Å²) in [5.74, 6) is -5.59. The number of aromatic carboxylic acids is 2. The summed E-state index contributed by atoms with van der Waals surface area (Å²) in [7, 11) is 0. The lowest BCUT2D eigenvalue weighted by Gasteiger charge is -2.41. The van der Waals surface area contributed by atoms with E-state index in [1.165, 1.54) is 48.8 Å². The van der Waals surface area contributed by atoms with E-state index in [0.29, 0.717) is 12.1 Å². The molecular formula is C36H26BF4N10O4-. The smallest absolute Gasteiger partial charge is 0.466 e. The molecule has 0 saturated carbocycles. The molecule has 2 aromatic carbocycles. The van der Waals surface area contributed by atoms with Gasteiger partial charge in [0, 0.05) is 71.6 Å². The van der Waals surface area contributed by atoms with E-state index in [1.54, 1.807) is 24.8 Å². The zero-order valence-corrected chi connectivity index (χ0v) is 28.1. The minimum Gasteiger partial charge on any atom is -0.476 e. The molecule has 8 rings (SSSR count). The lowest BCUT2D eigenvalue weighted by molar-refractivity contribution is 0.0680. The molecule has 55 heavy (non-hydrogen) atoms. The number of carboxylic acids is 2. The van der Waals surface area contributed by atoms with Crippen molar-refractivity contribution in [3.63, 3.8) is 0 Å². The van der Waals surface area contributed by atoms with Crippen LogP contribution in [-0.2, 0) is 0 Å². The number of hydrogen-bond acceptors (Lipinski definition) is 8. The van der Waals surface area contributed by atoms with Gasteiger partial charge in [-0.05, 0) is 85.5 Å². The highest BCUT2D eigenvalue weighted by Gasteiger charge is 2.38. The van der Waals surface area contributed by atoms with Gasteiger partial charge >= 0.3 is 18.6 Å². The van der Waals surface area contributed by atoms with E-state index < -0.39 is 41.9 Å². The third-order valence-corrected chi connectivity index (χ3v) is 7.98. The molecule has 0 atom stereocenters. The quantitative estimate of drug-likeness (QED) is 0.142. The fourth-order valence-corrected chi connectivity index (χ4v) is 5.67. The highest BCUT2D eigenvalue weighted by atomic mass is 19.1. The first kappa shape index (κ1) is 37.1. The second-order valence-electron chi connectivity index (χ2n) is 11.3. The molecule has 14 nitrogen and oxygen atoms in total. The second-order valence-corrected chi connectivity index (χ2v) is 11.3. The Bertz CT molecular complexity index is 2270. The normalized spacial score (nSPS) is 10.8. The van der Waals surface area contributed by atoms with Crippen molar-refractivity contribution in [1.82, 2.24) is 48.7 Å². The van der Waals surface area contributed by atoms with E-state index in [4.69, 9.17) is 10.2 Å². The Morgan fingerprint density at radius 1 is 0.473 bits per heavy atom. The van der Waals surface area contributed by atoms with Crippen LogP contribution in [-0.4, -0.2) is 77.6 Å². The number of benzene rings is 2. The Balaban J connectivity index is 0.000000142. The molecule has 0 fully saturated rings. The van der Waals surface area contributed by atoms with Gasteiger partial charge in [-0.25, -0.2) is 57.5 Å². The number of hydrogen-bond donors (Lipinski definition) is 2. The van der Waals surface area contributed by atoms with E-state index in [1.807, 2.05) is 67.4 Å². The number of aromatic nitrogens is 10. The van der Waals surface area contributed by atoms with E-state index in [-0.39, 0.29) is 33.6 Å². The summed E-state index contributed by atoms with van der Waals surface area (Å²) in [4.78, 5) is 29.1. The van der Waals surface area contributed by atoms with E-state index in [0.717, 1.165) is 12.1 Å². The molecule has 0 aliphatic rings. The van der Waals surface area contributed by atoms with Gasteiger partial charge in [-0.1, -0.05) is 12.1 Å². The molecule has 2 N–H and O–H groups in total. The van der Waals surface area contributed by atoms with Crippen LogP contribution in [0.1, 0.15) is 21.0 Å². The van der Waals surface area contributed by atoms with Gasteiger partial charge in [0.25, 0.3) is 0 Å². The van der Waals surface area contributed by atoms with Crippen LogP contribution in [0.5, 0.6) is 0 Å². The van der Waals surface area contributed by atoms with Gasteiger partial charge in [-0.15, -0.1) is 0 Å². The molecule has 8 aromatic rings. The van der Waals surface area contributed by atoms with Crippen molar-refractivity contribution in [2.24, 2.45) is 0 Å². The lowest BCUT2D eigenvalue weighted by Crippen LogP contribution is -2.65. The molecule has 0 radical (unpaired) electrons. The number of pyridine rings is 2. The average molecular weight is 749 g/mol. The molecule has 6 aromatic heterocycles. The third-order valence-electron chi connectivity index (χ3n) is 7.98. The van der Waals surface area contributed by atoms with Crippen LogP contribution < -0.4 is 0 Å². The highest BCUT2D eigenvalue weighted by Crippen LogP contribution is 2.27. The van der Waals surface area contributed by atoms with Gasteiger partial charge in [0.2, 0.25) is 0 Å². The van der Waals surface area contributed by atoms with Crippen molar-refractivity contribution < 1.29 is 37.4 Å². The van der Waals surface area contributed by atoms with Crippen molar-refractivity contribution in [2.75, 3.05) is 0 Å². The maximum atomic E-state index is 13.5. The molecule has 0 spiro atoms. The van der Waals surface area contributed by atoms with Gasteiger partial charge in [-0.3, -0.25) is 0 Å². The maximum Gasteiger partial charge on any atom is 0.466 e. The predicted molar refractivity (Wildman–Crippen MR) is 189 cm³/mol. The van der Waals surface area contributed by atoms with Gasteiger partial charge in [-0.2, -0.15) is 0 Å². The van der Waals surface area contributed by atoms with Crippen LogP contribution in [0.3, 0.4) is 0 Å². The molecule has 0 saturated heterocycles. The van der Waals surface area contributed by atoms with Crippen molar-refractivity contribution >= 4 is 18.6 Å². The Kier molecular flexibility index (Phi) is 11.0. The summed E-state index contributed by atoms with van der Waals surface area (Å²) in [5.41, 5.74) is -0.264. The first-order valence-corrected chi connectivity index (χ1v) is 16.0. The van der Waals surface area contributed by atoms with Crippen LogP contribution in [0.15, 0.2) is 147 Å². The van der Waals surface area contributed by atoms with Crippen LogP contribution >= 0.6 is 0 Å². The summed E-state index contributed by atoms with van der Waals surface area (Å²) >= 11 is 0. The molecule has 0 unspecified atom stereocenters. The molecule has 0 aliphatic carbocycles. The van der Waals surface area contributed by atoms with Crippen molar-refractivity contribution in [2.45, 2.75) is 0 Å². The standard InChI is InChI=1S/C12H12BN8.2C12H7F2NO2/c1-5-14-18(9-1)13(19-10-2-6-15-19,20-11-3-7-16-20)21-12-4-8-17-21;2*13-7-3-4-8(10(14)6-7)9-2-1-5-15-11(9)12(16)17/h1-12H;2*1-6H,(H,16,17)/q-1;;. The van der Waals surface area contributed by atoms with E-state index in [9.17, 15) is 27.2 Å². The first-order chi connectivity index (χ1) is 26.6. The minimum atomic E-state index is -1.83. The van der Waals surface area contributed by atoms with Crippen LogP contribution in [0.2, 0.25) is 0 Å². The fraction of sp³-hybridized carbons (Fsp3) is 0. The Labute approximate surface area is 308 Å². The van der Waals surface area contributed by atoms with Gasteiger partial charge in [0.1, 0.15) is 23.3 Å². The number of nitrogens with zero attached hydrogens (tertiary/aromatic N) is 10. The van der Waals surface area contributed by atoms with Gasteiger partial charge < -0.3 is 28.6 Å². The number of halogens is 4. The topological polar surface area (TPSA) is 172 Å². The van der Waals surface area contributed by atoms with Gasteiger partial charge in [0.05, 0.1) is 0 Å². The molecule has 0 bridgehead atoms. The summed E-state index contributed by atoms with van der Waals surface area (Å²) in [5, 5.41) is 35.5. The summed E-state index contributed by atoms with van der Waals surface area (Å²) in [6.07, 6.45) is 17.0. The van der Waals surface area contributed by atoms with Crippen LogP contribution in [0.4, 0.5) is 17.6 Å². The van der Waals surface area contributed by atoms with Gasteiger partial charge in [0.15, 0.2) is 11.4 Å². The Hall–Kier alpha value is -7.70. The van der Waals surface area contributed by atoms with E-state index >= 15 is 0 Å². The van der Waals surface area contributed by atoms with Crippen molar-refractivity contribution in [1.29, 1.82) is 0 Å². The SMILES string of the molecule is O=C(O)c1ncccc1-c1ccc(F)cc1F.O=C(O)c1ncccc1-c1ccc(F)cc1F.c1cnn([B-](n2cccn2)(n2cccn2)n2cccn2)c1. The zero-order chi connectivity index (χ0) is 39.0. The number of carbonyl (C=O) groups is 2. The van der Waals surface area contributed by atoms with Crippen LogP contribution in [0.25, 0.3) is 22.3 Å². The predicted octanol–water partition coefficient (Wildman–Crippen LogP) is 5.85. The van der Waals surface area contributed by atoms with E-state index in [2.05, 4.69) is 30.4 Å². The minimum absolute atomic E-state index is 0.0110. The van der Waals surface area contributed by atoms with Crippen molar-refractivity contribution in [3.8, 4) is 22.3 Å². The second kappa shape index (κ2) is 16.3. The number of rotatable bonds is 8. The summed E-state index contributed by atoms with van der Waals surface area (Å²) in [6.45, 7) is -1.83. The molecule has 6 heterocycles. The number of carboxylic acid groups (broad SMARTS) is 2. The zero-order valence-electron chi connectivity index (χ0n) is 28.1. The maximum absolute atomic E-state index is 13.5. The third kappa shape index (κ3) is 7.75. The summed E-state index contributed by atoms with van der Waals surface area (Å²) < 4.78 is 59.8. The Morgan fingerprint density at radius 3 is 1.09 bits per heavy atom.